The van der Waals surface area contributed by atoms with E-state index < -0.39 is 11.6 Å². The molecule has 26 heavy (non-hydrogen) atoms. The number of benzene rings is 2. The standard InChI is InChI=1S/C19H16F2N2O2S/c1-13(12-26-19-22-7-2-8-23-19)24-16-3-5-17(6-4-16)25-18-10-14(20)9-15(21)11-18/h2-11,13H,12H2,1H3. The molecule has 0 fully saturated rings. The highest BCUT2D eigenvalue weighted by atomic mass is 32.2. The van der Waals surface area contributed by atoms with Gasteiger partial charge >= 0.3 is 0 Å². The molecule has 0 aliphatic rings. The van der Waals surface area contributed by atoms with Crippen LogP contribution in [0.25, 0.3) is 0 Å². The zero-order chi connectivity index (χ0) is 18.4. The Kier molecular flexibility index (Phi) is 6.01. The van der Waals surface area contributed by atoms with Crippen LogP contribution in [0.4, 0.5) is 8.78 Å². The fourth-order valence-corrected chi connectivity index (χ4v) is 2.85. The van der Waals surface area contributed by atoms with E-state index in [0.29, 0.717) is 22.4 Å². The molecule has 1 heterocycles. The van der Waals surface area contributed by atoms with Crippen LogP contribution in [-0.2, 0) is 0 Å². The van der Waals surface area contributed by atoms with E-state index in [1.54, 1.807) is 42.7 Å². The van der Waals surface area contributed by atoms with Gasteiger partial charge in [0.05, 0.1) is 0 Å². The number of nitrogens with zero attached hydrogens (tertiary/aromatic N) is 2. The van der Waals surface area contributed by atoms with Crippen molar-refractivity contribution in [3.63, 3.8) is 0 Å². The lowest BCUT2D eigenvalue weighted by Crippen LogP contribution is -2.14. The van der Waals surface area contributed by atoms with Crippen LogP contribution in [0.2, 0.25) is 0 Å². The van der Waals surface area contributed by atoms with Crippen LogP contribution in [-0.4, -0.2) is 21.8 Å². The van der Waals surface area contributed by atoms with Crippen LogP contribution < -0.4 is 9.47 Å². The lowest BCUT2D eigenvalue weighted by Gasteiger charge is -2.14. The Hall–Kier alpha value is -2.67. The van der Waals surface area contributed by atoms with Crippen LogP contribution in [0.15, 0.2) is 66.1 Å². The molecule has 0 amide bonds. The van der Waals surface area contributed by atoms with E-state index in [1.165, 1.54) is 11.8 Å². The number of hydrogen-bond acceptors (Lipinski definition) is 5. The van der Waals surface area contributed by atoms with Crippen molar-refractivity contribution in [2.24, 2.45) is 0 Å². The van der Waals surface area contributed by atoms with Gasteiger partial charge in [-0.05, 0) is 37.3 Å². The summed E-state index contributed by atoms with van der Waals surface area (Å²) in [5.41, 5.74) is 0. The van der Waals surface area contributed by atoms with Gasteiger partial charge in [-0.15, -0.1) is 0 Å². The average Bonchev–Trinajstić information content (AvgIpc) is 2.62. The number of ether oxygens (including phenoxy) is 2. The summed E-state index contributed by atoms with van der Waals surface area (Å²) in [7, 11) is 0. The minimum absolute atomic E-state index is 0.0483. The topological polar surface area (TPSA) is 44.2 Å². The summed E-state index contributed by atoms with van der Waals surface area (Å²) in [5.74, 6) is 0.559. The predicted octanol–water partition coefficient (Wildman–Crippen LogP) is 5.11. The van der Waals surface area contributed by atoms with Gasteiger partial charge in [0.1, 0.15) is 35.0 Å². The fraction of sp³-hybridized carbons (Fsp3) is 0.158. The molecule has 0 spiro atoms. The molecule has 4 nitrogen and oxygen atoms in total. The lowest BCUT2D eigenvalue weighted by molar-refractivity contribution is 0.246. The first kappa shape index (κ1) is 18.1. The molecule has 0 radical (unpaired) electrons. The minimum Gasteiger partial charge on any atom is -0.490 e. The Morgan fingerprint density at radius 2 is 1.54 bits per heavy atom. The Morgan fingerprint density at radius 1 is 0.923 bits per heavy atom. The molecule has 1 atom stereocenters. The molecule has 2 aromatic carbocycles. The van der Waals surface area contributed by atoms with Gasteiger partial charge in [0.25, 0.3) is 0 Å². The largest absolute Gasteiger partial charge is 0.490 e. The number of hydrogen-bond donors (Lipinski definition) is 0. The summed E-state index contributed by atoms with van der Waals surface area (Å²) in [6, 6.07) is 11.7. The van der Waals surface area contributed by atoms with E-state index in [-0.39, 0.29) is 11.9 Å². The summed E-state index contributed by atoms with van der Waals surface area (Å²) >= 11 is 1.51. The van der Waals surface area contributed by atoms with Gasteiger partial charge < -0.3 is 9.47 Å². The molecular weight excluding hydrogens is 358 g/mol. The third-order valence-electron chi connectivity index (χ3n) is 3.22. The van der Waals surface area contributed by atoms with Crippen molar-refractivity contribution in [3.05, 3.63) is 72.6 Å². The van der Waals surface area contributed by atoms with Crippen molar-refractivity contribution in [2.75, 3.05) is 5.75 Å². The van der Waals surface area contributed by atoms with E-state index in [1.807, 2.05) is 6.92 Å². The molecule has 0 saturated carbocycles. The minimum atomic E-state index is -0.686. The third kappa shape index (κ3) is 5.42. The fourth-order valence-electron chi connectivity index (χ4n) is 2.13. The van der Waals surface area contributed by atoms with Crippen LogP contribution in [0, 0.1) is 11.6 Å². The summed E-state index contributed by atoms with van der Waals surface area (Å²) in [6.07, 6.45) is 3.35. The van der Waals surface area contributed by atoms with E-state index in [0.717, 1.165) is 18.2 Å². The average molecular weight is 374 g/mol. The van der Waals surface area contributed by atoms with Gasteiger partial charge in [-0.2, -0.15) is 0 Å². The van der Waals surface area contributed by atoms with Crippen LogP contribution in [0.1, 0.15) is 6.92 Å². The van der Waals surface area contributed by atoms with Crippen molar-refractivity contribution in [3.8, 4) is 17.2 Å². The Morgan fingerprint density at radius 3 is 2.19 bits per heavy atom. The van der Waals surface area contributed by atoms with Gasteiger partial charge in [0.15, 0.2) is 5.16 Å². The second-order valence-electron chi connectivity index (χ2n) is 5.45. The molecule has 3 aromatic rings. The Labute approximate surface area is 154 Å². The molecule has 0 saturated heterocycles. The maximum absolute atomic E-state index is 13.2. The summed E-state index contributed by atoms with van der Waals surface area (Å²) in [4.78, 5) is 8.30. The predicted molar refractivity (Wildman–Crippen MR) is 95.7 cm³/mol. The normalized spacial score (nSPS) is 11.8. The number of thioether (sulfide) groups is 1. The number of aromatic nitrogens is 2. The van der Waals surface area contributed by atoms with Gasteiger partial charge in [0.2, 0.25) is 0 Å². The first-order valence-electron chi connectivity index (χ1n) is 7.89. The second-order valence-corrected chi connectivity index (χ2v) is 6.44. The lowest BCUT2D eigenvalue weighted by atomic mass is 10.3. The maximum Gasteiger partial charge on any atom is 0.187 e. The monoisotopic (exact) mass is 374 g/mol. The molecule has 0 bridgehead atoms. The molecule has 7 heteroatoms. The molecule has 1 unspecified atom stereocenters. The van der Waals surface area contributed by atoms with E-state index in [2.05, 4.69) is 9.97 Å². The Bertz CT molecular complexity index is 828. The van der Waals surface area contributed by atoms with Crippen molar-refractivity contribution in [1.82, 2.24) is 9.97 Å². The van der Waals surface area contributed by atoms with Gasteiger partial charge in [0, 0.05) is 36.3 Å². The number of rotatable bonds is 7. The van der Waals surface area contributed by atoms with Gasteiger partial charge in [-0.3, -0.25) is 0 Å². The summed E-state index contributed by atoms with van der Waals surface area (Å²) < 4.78 is 37.6. The van der Waals surface area contributed by atoms with Crippen LogP contribution in [0.3, 0.4) is 0 Å². The van der Waals surface area contributed by atoms with Crippen molar-refractivity contribution in [1.29, 1.82) is 0 Å². The molecular formula is C19H16F2N2O2S. The highest BCUT2D eigenvalue weighted by Gasteiger charge is 2.08. The van der Waals surface area contributed by atoms with Gasteiger partial charge in [-0.1, -0.05) is 11.8 Å². The molecule has 3 rings (SSSR count). The van der Waals surface area contributed by atoms with Gasteiger partial charge in [-0.25, -0.2) is 18.7 Å². The second kappa shape index (κ2) is 8.62. The molecule has 0 aliphatic heterocycles. The molecule has 1 aromatic heterocycles. The number of halogens is 2. The molecule has 0 N–H and O–H groups in total. The molecule has 134 valence electrons. The molecule has 0 aliphatic carbocycles. The summed E-state index contributed by atoms with van der Waals surface area (Å²) in [6.45, 7) is 1.95. The smallest absolute Gasteiger partial charge is 0.187 e. The van der Waals surface area contributed by atoms with E-state index in [9.17, 15) is 8.78 Å². The first-order chi connectivity index (χ1) is 12.6. The van der Waals surface area contributed by atoms with Crippen LogP contribution >= 0.6 is 11.8 Å². The third-order valence-corrected chi connectivity index (χ3v) is 4.33. The van der Waals surface area contributed by atoms with Crippen LogP contribution in [0.5, 0.6) is 17.2 Å². The van der Waals surface area contributed by atoms with Crippen molar-refractivity contribution < 1.29 is 18.3 Å². The maximum atomic E-state index is 13.2. The summed E-state index contributed by atoms with van der Waals surface area (Å²) in [5, 5.41) is 0.703. The van der Waals surface area contributed by atoms with Crippen molar-refractivity contribution in [2.45, 2.75) is 18.2 Å². The Balaban J connectivity index is 1.53. The quantitative estimate of drug-likeness (QED) is 0.425. The van der Waals surface area contributed by atoms with E-state index in [4.69, 9.17) is 9.47 Å². The first-order valence-corrected chi connectivity index (χ1v) is 8.87. The highest BCUT2D eigenvalue weighted by molar-refractivity contribution is 7.99. The zero-order valence-corrected chi connectivity index (χ0v) is 14.7. The SMILES string of the molecule is CC(CSc1ncccn1)Oc1ccc(Oc2cc(F)cc(F)c2)cc1. The zero-order valence-electron chi connectivity index (χ0n) is 13.9. The van der Waals surface area contributed by atoms with E-state index >= 15 is 0 Å². The highest BCUT2D eigenvalue weighted by Crippen LogP contribution is 2.26. The van der Waals surface area contributed by atoms with Crippen molar-refractivity contribution >= 4 is 11.8 Å².